The van der Waals surface area contributed by atoms with Gasteiger partial charge >= 0.3 is 0 Å². The number of nitrogens with one attached hydrogen (secondary N) is 1. The van der Waals surface area contributed by atoms with Gasteiger partial charge in [-0.05, 0) is 25.7 Å². The molecule has 4 heteroatoms. The Labute approximate surface area is 78.0 Å². The Kier molecular flexibility index (Phi) is 2.21. The summed E-state index contributed by atoms with van der Waals surface area (Å²) in [6.45, 7) is 0. The number of aromatic amines is 1. The van der Waals surface area contributed by atoms with Crippen LogP contribution in [0.4, 0.5) is 0 Å². The van der Waals surface area contributed by atoms with Crippen LogP contribution < -0.4 is 11.3 Å². The van der Waals surface area contributed by atoms with Crippen LogP contribution in [0, 0.1) is 0 Å². The van der Waals surface area contributed by atoms with Crippen molar-refractivity contribution in [2.24, 2.45) is 0 Å². The van der Waals surface area contributed by atoms with E-state index in [9.17, 15) is 4.79 Å². The highest BCUT2D eigenvalue weighted by atomic mass is 16.1. The van der Waals surface area contributed by atoms with Crippen molar-refractivity contribution in [3.05, 3.63) is 21.6 Å². The quantitative estimate of drug-likeness (QED) is 0.438. The summed E-state index contributed by atoms with van der Waals surface area (Å²) in [5, 5.41) is 0. The van der Waals surface area contributed by atoms with Gasteiger partial charge in [0, 0.05) is 11.3 Å². The molecule has 0 saturated heterocycles. The van der Waals surface area contributed by atoms with Gasteiger partial charge in [-0.25, -0.2) is 0 Å². The van der Waals surface area contributed by atoms with Gasteiger partial charge in [0.2, 0.25) is 0 Å². The minimum Gasteiger partial charge on any atom is -0.320 e. The number of aryl methyl sites for hydroxylation is 1. The molecule has 1 N–H and O–H groups in total. The molecule has 1 heterocycles. The summed E-state index contributed by atoms with van der Waals surface area (Å²) < 4.78 is 0. The van der Waals surface area contributed by atoms with E-state index < -0.39 is 0 Å². The van der Waals surface area contributed by atoms with Crippen molar-refractivity contribution in [1.29, 1.82) is 0 Å². The van der Waals surface area contributed by atoms with Gasteiger partial charge in [0.15, 0.2) is 7.85 Å². The number of H-pyrrole nitrogens is 1. The zero-order valence-electron chi connectivity index (χ0n) is 7.47. The monoisotopic (exact) mass is 174 g/mol. The highest BCUT2D eigenvalue weighted by molar-refractivity contribution is 6.28. The van der Waals surface area contributed by atoms with Gasteiger partial charge in [0.25, 0.3) is 5.56 Å². The first kappa shape index (κ1) is 8.54. The average molecular weight is 174 g/mol. The number of hydrogen-bond donors (Lipinski definition) is 1. The van der Waals surface area contributed by atoms with Crippen molar-refractivity contribution in [3.63, 3.8) is 0 Å². The largest absolute Gasteiger partial charge is 0.320 e. The molecule has 0 atom stereocenters. The molecule has 0 amide bonds. The van der Waals surface area contributed by atoms with Crippen LogP contribution in [-0.2, 0) is 12.8 Å². The van der Waals surface area contributed by atoms with Crippen LogP contribution in [0.5, 0.6) is 0 Å². The normalized spacial score (nSPS) is 16.3. The van der Waals surface area contributed by atoms with Crippen LogP contribution in [0.3, 0.4) is 0 Å². The Hall–Kier alpha value is -1.06. The molecule has 2 radical (unpaired) electrons. The van der Waals surface area contributed by atoms with Crippen molar-refractivity contribution < 1.29 is 0 Å². The Bertz CT molecular complexity index is 372. The maximum atomic E-state index is 11.5. The molecule has 0 aromatic carbocycles. The third-order valence-corrected chi connectivity index (χ3v) is 2.46. The third kappa shape index (κ3) is 1.66. The second kappa shape index (κ2) is 3.36. The van der Waals surface area contributed by atoms with E-state index in [1.807, 2.05) is 0 Å². The highest BCUT2D eigenvalue weighted by Gasteiger charge is 2.12. The summed E-state index contributed by atoms with van der Waals surface area (Å²) in [5.74, 6) is 0. The van der Waals surface area contributed by atoms with Crippen LogP contribution in [0.15, 0.2) is 4.79 Å². The van der Waals surface area contributed by atoms with Crippen LogP contribution >= 0.6 is 0 Å². The van der Waals surface area contributed by atoms with Gasteiger partial charge in [-0.15, -0.1) is 0 Å². The maximum Gasteiger partial charge on any atom is 0.253 e. The average Bonchev–Trinajstić information content (AvgIpc) is 2.28. The second-order valence-electron chi connectivity index (χ2n) is 3.44. The van der Waals surface area contributed by atoms with Crippen LogP contribution in [0.1, 0.15) is 30.5 Å². The van der Waals surface area contributed by atoms with Gasteiger partial charge < -0.3 is 4.98 Å². The summed E-state index contributed by atoms with van der Waals surface area (Å²) in [4.78, 5) is 18.2. The van der Waals surface area contributed by atoms with Gasteiger partial charge in [-0.3, -0.25) is 9.78 Å². The van der Waals surface area contributed by atoms with Gasteiger partial charge in [-0.1, -0.05) is 6.42 Å². The Morgan fingerprint density at radius 3 is 2.85 bits per heavy atom. The van der Waals surface area contributed by atoms with Crippen molar-refractivity contribution in [3.8, 4) is 0 Å². The van der Waals surface area contributed by atoms with Crippen molar-refractivity contribution >= 4 is 13.6 Å². The molecule has 3 nitrogen and oxygen atoms in total. The lowest BCUT2D eigenvalue weighted by molar-refractivity contribution is 0.708. The molecule has 1 aliphatic rings. The van der Waals surface area contributed by atoms with E-state index in [2.05, 4.69) is 9.97 Å². The summed E-state index contributed by atoms with van der Waals surface area (Å²) in [6, 6.07) is 0. The Balaban J connectivity index is 2.53. The molecule has 0 aliphatic heterocycles. The standard InChI is InChI=1S/C9H11BN2O/c10-9-11-7-5-3-1-2-4-6(7)8(13)12-9/h1-5H2,(H,11,12,13). The highest BCUT2D eigenvalue weighted by Crippen LogP contribution is 2.14. The molecule has 1 aliphatic carbocycles. The summed E-state index contributed by atoms with van der Waals surface area (Å²) in [5.41, 5.74) is 1.93. The molecule has 1 aromatic rings. The van der Waals surface area contributed by atoms with Crippen molar-refractivity contribution in [1.82, 2.24) is 9.97 Å². The van der Waals surface area contributed by atoms with Gasteiger partial charge in [0.05, 0.1) is 5.72 Å². The summed E-state index contributed by atoms with van der Waals surface area (Å²) in [6.07, 6.45) is 5.11. The fourth-order valence-electron chi connectivity index (χ4n) is 1.80. The molecule has 0 saturated carbocycles. The molecule has 0 bridgehead atoms. The maximum absolute atomic E-state index is 11.5. The zero-order chi connectivity index (χ0) is 9.26. The first-order valence-electron chi connectivity index (χ1n) is 4.65. The third-order valence-electron chi connectivity index (χ3n) is 2.46. The lowest BCUT2D eigenvalue weighted by Gasteiger charge is -2.03. The van der Waals surface area contributed by atoms with E-state index in [0.717, 1.165) is 36.9 Å². The number of fused-ring (bicyclic) bond motifs is 1. The number of nitrogens with zero attached hydrogens (tertiary/aromatic N) is 1. The predicted molar refractivity (Wildman–Crippen MR) is 51.5 cm³/mol. The van der Waals surface area contributed by atoms with E-state index >= 15 is 0 Å². The Morgan fingerprint density at radius 2 is 2.00 bits per heavy atom. The first-order chi connectivity index (χ1) is 6.27. The van der Waals surface area contributed by atoms with Crippen molar-refractivity contribution in [2.45, 2.75) is 32.1 Å². The molecule has 0 unspecified atom stereocenters. The van der Waals surface area contributed by atoms with E-state index in [4.69, 9.17) is 7.85 Å². The summed E-state index contributed by atoms with van der Waals surface area (Å²) >= 11 is 0. The molecule has 1 aromatic heterocycles. The van der Waals surface area contributed by atoms with E-state index in [0.29, 0.717) is 0 Å². The molecule has 0 spiro atoms. The van der Waals surface area contributed by atoms with Crippen molar-refractivity contribution in [2.75, 3.05) is 0 Å². The molecular formula is C9H11BN2O. The number of aromatic nitrogens is 2. The minimum absolute atomic E-state index is 0.0515. The predicted octanol–water partition coefficient (Wildman–Crippen LogP) is -0.167. The van der Waals surface area contributed by atoms with Gasteiger partial charge in [-0.2, -0.15) is 0 Å². The zero-order valence-corrected chi connectivity index (χ0v) is 7.47. The fraction of sp³-hybridized carbons (Fsp3) is 0.556. The van der Waals surface area contributed by atoms with E-state index in [1.165, 1.54) is 6.42 Å². The molecule has 13 heavy (non-hydrogen) atoms. The van der Waals surface area contributed by atoms with Crippen LogP contribution in [-0.4, -0.2) is 17.8 Å². The number of rotatable bonds is 0. The van der Waals surface area contributed by atoms with E-state index in [-0.39, 0.29) is 11.3 Å². The molecule has 0 fully saturated rings. The molecule has 66 valence electrons. The van der Waals surface area contributed by atoms with Crippen LogP contribution in [0.2, 0.25) is 0 Å². The Morgan fingerprint density at radius 1 is 1.23 bits per heavy atom. The van der Waals surface area contributed by atoms with Gasteiger partial charge in [0.1, 0.15) is 0 Å². The lowest BCUT2D eigenvalue weighted by Crippen LogP contribution is -2.28. The fourth-order valence-corrected chi connectivity index (χ4v) is 1.80. The molecular weight excluding hydrogens is 163 g/mol. The first-order valence-corrected chi connectivity index (χ1v) is 4.65. The molecule has 2 rings (SSSR count). The van der Waals surface area contributed by atoms with E-state index in [1.54, 1.807) is 0 Å². The second-order valence-corrected chi connectivity index (χ2v) is 3.44. The lowest BCUT2D eigenvalue weighted by atomic mass is 10.1. The summed E-state index contributed by atoms with van der Waals surface area (Å²) in [7, 11) is 5.47. The topological polar surface area (TPSA) is 45.8 Å². The SMILES string of the molecule is [B]c1nc2c(c(=O)[nH]1)CCCCC2. The van der Waals surface area contributed by atoms with Crippen LogP contribution in [0.25, 0.3) is 0 Å². The number of hydrogen-bond acceptors (Lipinski definition) is 2. The minimum atomic E-state index is -0.0515. The smallest absolute Gasteiger partial charge is 0.253 e.